The normalized spacial score (nSPS) is 12.6. The van der Waals surface area contributed by atoms with Crippen LogP contribution in [0.15, 0.2) is 24.3 Å². The van der Waals surface area contributed by atoms with Crippen LogP contribution in [0.1, 0.15) is 84.7 Å². The van der Waals surface area contributed by atoms with Crippen molar-refractivity contribution in [1.82, 2.24) is 0 Å². The van der Waals surface area contributed by atoms with E-state index in [0.717, 1.165) is 52.1 Å². The van der Waals surface area contributed by atoms with E-state index in [0.29, 0.717) is 0 Å². The summed E-state index contributed by atoms with van der Waals surface area (Å²) in [6, 6.07) is 9.77. The predicted molar refractivity (Wildman–Crippen MR) is 175 cm³/mol. The van der Waals surface area contributed by atoms with Crippen LogP contribution in [0.2, 0.25) is 0 Å². The maximum Gasteiger partial charge on any atom is 0.0466 e. The first-order chi connectivity index (χ1) is 19.7. The molecule has 2 aromatic heterocycles. The Morgan fingerprint density at radius 1 is 0.500 bits per heavy atom. The zero-order valence-electron chi connectivity index (χ0n) is 24.8. The second kappa shape index (κ2) is 12.5. The Morgan fingerprint density at radius 3 is 1.32 bits per heavy atom. The largest absolute Gasteiger partial charge is 0.381 e. The van der Waals surface area contributed by atoms with E-state index in [9.17, 15) is 0 Å². The van der Waals surface area contributed by atoms with Crippen molar-refractivity contribution in [3.63, 3.8) is 0 Å². The van der Waals surface area contributed by atoms with Crippen molar-refractivity contribution >= 4 is 33.4 Å². The van der Waals surface area contributed by atoms with Gasteiger partial charge in [0, 0.05) is 68.2 Å². The van der Waals surface area contributed by atoms with Crippen molar-refractivity contribution in [3.05, 3.63) is 43.8 Å². The topological polar surface area (TPSA) is 18.5 Å². The molecule has 2 heterocycles. The van der Waals surface area contributed by atoms with Gasteiger partial charge >= 0.3 is 0 Å². The van der Waals surface area contributed by atoms with Crippen LogP contribution in [-0.4, -0.2) is 26.4 Å². The summed E-state index contributed by atoms with van der Waals surface area (Å²) in [5.41, 5.74) is 11.9. The molecular formula is C36H44O2S2. The monoisotopic (exact) mass is 572 g/mol. The average molecular weight is 573 g/mol. The maximum atomic E-state index is 5.88. The number of aryl methyl sites for hydroxylation is 4. The minimum atomic E-state index is 0.891. The number of ether oxygens (including phenoxy) is 2. The Morgan fingerprint density at radius 2 is 0.900 bits per heavy atom. The van der Waals surface area contributed by atoms with Crippen molar-refractivity contribution in [3.8, 4) is 44.5 Å². The van der Waals surface area contributed by atoms with Crippen molar-refractivity contribution in [2.24, 2.45) is 0 Å². The first-order valence-electron chi connectivity index (χ1n) is 15.7. The summed E-state index contributed by atoms with van der Waals surface area (Å²) in [4.78, 5) is 6.09. The van der Waals surface area contributed by atoms with Gasteiger partial charge in [-0.1, -0.05) is 51.0 Å². The summed E-state index contributed by atoms with van der Waals surface area (Å²) in [5, 5.41) is 3.02. The van der Waals surface area contributed by atoms with Gasteiger partial charge in [-0.25, -0.2) is 0 Å². The number of hydrogen-bond donors (Lipinski definition) is 0. The van der Waals surface area contributed by atoms with Crippen molar-refractivity contribution in [2.45, 2.75) is 91.9 Å². The van der Waals surface area contributed by atoms with Crippen molar-refractivity contribution in [2.75, 3.05) is 26.4 Å². The van der Waals surface area contributed by atoms with Crippen LogP contribution in [0.5, 0.6) is 0 Å². The van der Waals surface area contributed by atoms with Crippen LogP contribution in [0.4, 0.5) is 0 Å². The third kappa shape index (κ3) is 5.00. The number of rotatable bonds is 16. The molecule has 0 spiro atoms. The standard InChI is InChI=1S/C36H44O2S2/c1-5-7-19-37-21-11-9-13-29-35-27-17-15-25-31-23(3)39-24(4)32(31)26-16-18-28(34(27)33(25)26)36(35)30(40-29)14-10-12-22-38-20-8-6-2/h15-18H,5-14,19-22H2,1-4H3. The Hall–Kier alpha value is -1.98. The first-order valence-corrected chi connectivity index (χ1v) is 17.3. The van der Waals surface area contributed by atoms with E-state index in [4.69, 9.17) is 9.47 Å². The number of fused-ring (bicyclic) bond motifs is 6. The van der Waals surface area contributed by atoms with Crippen LogP contribution in [-0.2, 0) is 22.3 Å². The molecule has 0 radical (unpaired) electrons. The lowest BCUT2D eigenvalue weighted by molar-refractivity contribution is 0.127. The van der Waals surface area contributed by atoms with Crippen LogP contribution < -0.4 is 0 Å². The molecule has 0 amide bonds. The number of hydrogen-bond acceptors (Lipinski definition) is 4. The van der Waals surface area contributed by atoms with Gasteiger partial charge in [0.1, 0.15) is 0 Å². The molecule has 4 heteroatoms. The van der Waals surface area contributed by atoms with Gasteiger partial charge in [-0.15, -0.1) is 22.7 Å². The maximum absolute atomic E-state index is 5.88. The third-order valence-corrected chi connectivity index (χ3v) is 11.1. The van der Waals surface area contributed by atoms with Gasteiger partial charge in [-0.05, 0) is 98.2 Å². The van der Waals surface area contributed by atoms with Gasteiger partial charge in [0.05, 0.1) is 0 Å². The molecule has 40 heavy (non-hydrogen) atoms. The molecular weight excluding hydrogens is 529 g/mol. The zero-order valence-corrected chi connectivity index (χ0v) is 26.5. The molecule has 0 aliphatic heterocycles. The number of thiophene rings is 2. The Bertz CT molecular complexity index is 1400. The minimum Gasteiger partial charge on any atom is -0.381 e. The lowest BCUT2D eigenvalue weighted by Gasteiger charge is -2.09. The van der Waals surface area contributed by atoms with E-state index in [1.54, 1.807) is 20.9 Å². The van der Waals surface area contributed by atoms with E-state index in [1.165, 1.54) is 92.4 Å². The van der Waals surface area contributed by atoms with Crippen LogP contribution >= 0.6 is 22.7 Å². The highest BCUT2D eigenvalue weighted by atomic mass is 32.1. The van der Waals surface area contributed by atoms with E-state index in [-0.39, 0.29) is 0 Å². The van der Waals surface area contributed by atoms with Gasteiger partial charge in [0.2, 0.25) is 0 Å². The molecule has 0 atom stereocenters. The number of unbranched alkanes of at least 4 members (excludes halogenated alkanes) is 4. The van der Waals surface area contributed by atoms with Crippen molar-refractivity contribution < 1.29 is 9.47 Å². The summed E-state index contributed by atoms with van der Waals surface area (Å²) in [7, 11) is 0. The van der Waals surface area contributed by atoms with E-state index >= 15 is 0 Å². The summed E-state index contributed by atoms with van der Waals surface area (Å²) in [6.07, 6.45) is 11.7. The molecule has 0 bridgehead atoms. The van der Waals surface area contributed by atoms with E-state index < -0.39 is 0 Å². The summed E-state index contributed by atoms with van der Waals surface area (Å²) >= 11 is 4.04. The van der Waals surface area contributed by atoms with Crippen LogP contribution in [0.25, 0.3) is 55.3 Å². The van der Waals surface area contributed by atoms with Gasteiger partial charge in [0.15, 0.2) is 0 Å². The zero-order chi connectivity index (χ0) is 27.6. The molecule has 212 valence electrons. The summed E-state index contributed by atoms with van der Waals surface area (Å²) < 4.78 is 11.8. The molecule has 0 saturated heterocycles. The summed E-state index contributed by atoms with van der Waals surface area (Å²) in [5.74, 6) is 0. The molecule has 4 aromatic rings. The summed E-state index contributed by atoms with van der Waals surface area (Å²) in [6.45, 7) is 12.6. The fraction of sp³-hybridized carbons (Fsp3) is 0.500. The molecule has 2 nitrogen and oxygen atoms in total. The molecule has 6 rings (SSSR count). The minimum absolute atomic E-state index is 0.891. The SMILES string of the molecule is CCCCOCCCCc1sc(CCCCOCCCC)c2c1-c1ccc3c4c(ccc-2c14)-c1c(C)sc(C)c1-3. The smallest absolute Gasteiger partial charge is 0.0466 e. The van der Waals surface area contributed by atoms with Crippen LogP contribution in [0.3, 0.4) is 0 Å². The average Bonchev–Trinajstić information content (AvgIpc) is 3.66. The Labute approximate surface area is 248 Å². The molecule has 0 unspecified atom stereocenters. The second-order valence-corrected chi connectivity index (χ2v) is 14.2. The fourth-order valence-electron chi connectivity index (χ4n) is 6.79. The lowest BCUT2D eigenvalue weighted by Crippen LogP contribution is -1.97. The first kappa shape index (κ1) is 28.2. The second-order valence-electron chi connectivity index (χ2n) is 11.6. The molecule has 0 N–H and O–H groups in total. The quantitative estimate of drug-likeness (QED) is 0.107. The molecule has 2 aliphatic rings. The lowest BCUT2D eigenvalue weighted by atomic mass is 9.97. The van der Waals surface area contributed by atoms with Gasteiger partial charge in [0.25, 0.3) is 0 Å². The molecule has 2 aliphatic carbocycles. The van der Waals surface area contributed by atoms with Crippen molar-refractivity contribution in [1.29, 1.82) is 0 Å². The molecule has 0 saturated carbocycles. The highest BCUT2D eigenvalue weighted by Crippen LogP contribution is 2.61. The third-order valence-electron chi connectivity index (χ3n) is 8.72. The van der Waals surface area contributed by atoms with Gasteiger partial charge in [-0.3, -0.25) is 0 Å². The van der Waals surface area contributed by atoms with Gasteiger partial charge < -0.3 is 9.47 Å². The highest BCUT2D eigenvalue weighted by Gasteiger charge is 2.34. The molecule has 2 aromatic carbocycles. The van der Waals surface area contributed by atoms with E-state index in [2.05, 4.69) is 63.3 Å². The predicted octanol–water partition coefficient (Wildman–Crippen LogP) is 11.2. The fourth-order valence-corrected chi connectivity index (χ4v) is 9.29. The Balaban J connectivity index is 1.30. The Kier molecular flexibility index (Phi) is 8.79. The van der Waals surface area contributed by atoms with Crippen LogP contribution in [0, 0.1) is 13.8 Å². The molecule has 0 fully saturated rings. The van der Waals surface area contributed by atoms with Gasteiger partial charge in [-0.2, -0.15) is 0 Å². The van der Waals surface area contributed by atoms with E-state index in [1.807, 2.05) is 11.3 Å². The highest BCUT2D eigenvalue weighted by molar-refractivity contribution is 7.13. The number of benzene rings is 2.